The fourth-order valence-electron chi connectivity index (χ4n) is 3.23. The average Bonchev–Trinajstić information content (AvgIpc) is 3.23. The molecule has 0 radical (unpaired) electrons. The third-order valence-electron chi connectivity index (χ3n) is 4.97. The fraction of sp³-hybridized carbons (Fsp3) is 0.286. The van der Waals surface area contributed by atoms with Crippen LogP contribution in [0.25, 0.3) is 0 Å². The van der Waals surface area contributed by atoms with Crippen LogP contribution >= 0.6 is 0 Å². The van der Waals surface area contributed by atoms with E-state index in [2.05, 4.69) is 19.7 Å². The van der Waals surface area contributed by atoms with Gasteiger partial charge >= 0.3 is 24.5 Å². The van der Waals surface area contributed by atoms with E-state index in [0.29, 0.717) is 0 Å². The predicted molar refractivity (Wildman–Crippen MR) is 99.9 cm³/mol. The first kappa shape index (κ1) is 25.9. The number of pyridine rings is 1. The van der Waals surface area contributed by atoms with Crippen LogP contribution in [-0.2, 0) is 27.5 Å². The van der Waals surface area contributed by atoms with Gasteiger partial charge in [-0.05, 0) is 36.3 Å². The second-order valence-electron chi connectivity index (χ2n) is 7.15. The fourth-order valence-corrected chi connectivity index (χ4v) is 3.23. The van der Waals surface area contributed by atoms with Crippen LogP contribution in [0.3, 0.4) is 0 Å². The second-order valence-corrected chi connectivity index (χ2v) is 7.15. The van der Waals surface area contributed by atoms with Crippen LogP contribution in [-0.4, -0.2) is 30.0 Å². The van der Waals surface area contributed by atoms with E-state index in [-0.39, 0.29) is 35.2 Å². The van der Waals surface area contributed by atoms with Crippen molar-refractivity contribution in [1.29, 1.82) is 0 Å². The summed E-state index contributed by atoms with van der Waals surface area (Å²) < 4.78 is 126. The maximum atomic E-state index is 14.1. The van der Waals surface area contributed by atoms with E-state index < -0.39 is 58.9 Å². The summed E-state index contributed by atoms with van der Waals surface area (Å²) in [5, 5.41) is 3.24. The molecule has 0 amide bonds. The molecule has 1 unspecified atom stereocenters. The van der Waals surface area contributed by atoms with E-state index >= 15 is 0 Å². The molecule has 2 heterocycles. The van der Waals surface area contributed by atoms with Gasteiger partial charge in [0.05, 0.1) is 35.9 Å². The summed E-state index contributed by atoms with van der Waals surface area (Å²) >= 11 is 0. The van der Waals surface area contributed by atoms with Crippen molar-refractivity contribution in [2.24, 2.45) is 5.16 Å². The lowest BCUT2D eigenvalue weighted by molar-refractivity contribution is -0.276. The summed E-state index contributed by atoms with van der Waals surface area (Å²) in [6.07, 6.45) is -12.4. The Hall–Kier alpha value is -3.76. The van der Waals surface area contributed by atoms with Crippen LogP contribution < -0.4 is 0 Å². The Labute approximate surface area is 190 Å². The number of benzene rings is 1. The van der Waals surface area contributed by atoms with E-state index in [1.54, 1.807) is 0 Å². The van der Waals surface area contributed by atoms with Crippen molar-refractivity contribution in [2.75, 3.05) is 7.11 Å². The van der Waals surface area contributed by atoms with Gasteiger partial charge in [-0.3, -0.25) is 0 Å². The maximum absolute atomic E-state index is 14.1. The Morgan fingerprint density at radius 3 is 2.06 bits per heavy atom. The molecular weight excluding hydrogens is 499 g/mol. The zero-order valence-electron chi connectivity index (χ0n) is 17.2. The quantitative estimate of drug-likeness (QED) is 0.312. The number of halogens is 9. The third kappa shape index (κ3) is 4.75. The van der Waals surface area contributed by atoms with Gasteiger partial charge in [-0.25, -0.2) is 9.78 Å². The Kier molecular flexibility index (Phi) is 6.26. The smallest absolute Gasteiger partial charge is 0.435 e. The van der Waals surface area contributed by atoms with Gasteiger partial charge in [-0.15, -0.1) is 6.42 Å². The molecule has 0 spiro atoms. The van der Waals surface area contributed by atoms with Crippen molar-refractivity contribution < 1.29 is 53.9 Å². The highest BCUT2D eigenvalue weighted by molar-refractivity contribution is 6.01. The molecule has 5 nitrogen and oxygen atoms in total. The number of esters is 1. The SMILES string of the molecule is C#Cc1nc(C2=NOC(c3cc(C(F)(F)F)cc(C(F)(F)F)c3)(C(F)(F)F)C2)ccc1C(=O)OC. The molecule has 0 aliphatic carbocycles. The lowest BCUT2D eigenvalue weighted by Gasteiger charge is -2.30. The molecule has 1 aromatic heterocycles. The molecule has 186 valence electrons. The summed E-state index contributed by atoms with van der Waals surface area (Å²) in [7, 11) is 1.04. The first-order valence-corrected chi connectivity index (χ1v) is 9.21. The first-order valence-electron chi connectivity index (χ1n) is 9.21. The van der Waals surface area contributed by atoms with Crippen LogP contribution in [0.1, 0.15) is 44.9 Å². The van der Waals surface area contributed by atoms with Gasteiger partial charge < -0.3 is 9.57 Å². The molecule has 35 heavy (non-hydrogen) atoms. The Morgan fingerprint density at radius 1 is 1.03 bits per heavy atom. The normalized spacial score (nSPS) is 18.5. The molecule has 0 bridgehead atoms. The Bertz CT molecular complexity index is 1210. The molecule has 14 heteroatoms. The van der Waals surface area contributed by atoms with E-state index in [1.807, 2.05) is 5.92 Å². The lowest BCUT2D eigenvalue weighted by Crippen LogP contribution is -2.43. The molecule has 1 aliphatic heterocycles. The number of aromatic nitrogens is 1. The number of rotatable bonds is 3. The monoisotopic (exact) mass is 510 g/mol. The van der Waals surface area contributed by atoms with E-state index in [9.17, 15) is 44.3 Å². The molecular formula is C21H11F9N2O3. The zero-order chi connectivity index (χ0) is 26.4. The lowest BCUT2D eigenvalue weighted by atomic mass is 9.85. The summed E-state index contributed by atoms with van der Waals surface area (Å²) in [6.45, 7) is 0. The first-order chi connectivity index (χ1) is 16.0. The number of alkyl halides is 9. The van der Waals surface area contributed by atoms with Gasteiger partial charge in [-0.1, -0.05) is 5.16 Å². The van der Waals surface area contributed by atoms with Gasteiger partial charge in [0.2, 0.25) is 0 Å². The molecule has 1 aliphatic rings. The van der Waals surface area contributed by atoms with Gasteiger partial charge in [0, 0.05) is 5.56 Å². The Morgan fingerprint density at radius 2 is 1.60 bits per heavy atom. The predicted octanol–water partition coefficient (Wildman–Crippen LogP) is 5.47. The number of ether oxygens (including phenoxy) is 1. The molecule has 0 fully saturated rings. The van der Waals surface area contributed by atoms with Gasteiger partial charge in [-0.2, -0.15) is 39.5 Å². The number of carbonyl (C=O) groups is 1. The highest BCUT2D eigenvalue weighted by atomic mass is 19.4. The Balaban J connectivity index is 2.14. The molecule has 0 saturated heterocycles. The number of oxime groups is 1. The number of terminal acetylenes is 1. The molecule has 1 aromatic carbocycles. The van der Waals surface area contributed by atoms with E-state index in [0.717, 1.165) is 19.2 Å². The van der Waals surface area contributed by atoms with Gasteiger partial charge in [0.25, 0.3) is 5.60 Å². The number of hydrogen-bond acceptors (Lipinski definition) is 5. The minimum absolute atomic E-state index is 0.0815. The number of nitrogens with zero attached hydrogens (tertiary/aromatic N) is 2. The molecule has 0 N–H and O–H groups in total. The van der Waals surface area contributed by atoms with Gasteiger partial charge in [0.15, 0.2) is 0 Å². The number of hydrogen-bond donors (Lipinski definition) is 0. The number of methoxy groups -OCH3 is 1. The van der Waals surface area contributed by atoms with Crippen LogP contribution in [0.5, 0.6) is 0 Å². The minimum atomic E-state index is -5.51. The third-order valence-corrected chi connectivity index (χ3v) is 4.97. The molecule has 2 aromatic rings. The van der Waals surface area contributed by atoms with E-state index in [4.69, 9.17) is 6.42 Å². The van der Waals surface area contributed by atoms with Crippen molar-refractivity contribution >= 4 is 11.7 Å². The molecule has 3 rings (SSSR count). The minimum Gasteiger partial charge on any atom is -0.465 e. The van der Waals surface area contributed by atoms with E-state index in [1.165, 1.54) is 0 Å². The zero-order valence-corrected chi connectivity index (χ0v) is 17.2. The highest BCUT2D eigenvalue weighted by Gasteiger charge is 2.63. The summed E-state index contributed by atoms with van der Waals surface area (Å²) in [5.41, 5.74) is -10.6. The van der Waals surface area contributed by atoms with Crippen LogP contribution in [0.15, 0.2) is 35.5 Å². The summed E-state index contributed by atoms with van der Waals surface area (Å²) in [5.74, 6) is 1.12. The van der Waals surface area contributed by atoms with Crippen molar-refractivity contribution in [3.8, 4) is 12.3 Å². The van der Waals surface area contributed by atoms with Crippen LogP contribution in [0.4, 0.5) is 39.5 Å². The number of carbonyl (C=O) groups excluding carboxylic acids is 1. The molecule has 0 saturated carbocycles. The average molecular weight is 510 g/mol. The van der Waals surface area contributed by atoms with Crippen LogP contribution in [0, 0.1) is 12.3 Å². The van der Waals surface area contributed by atoms with Crippen LogP contribution in [0.2, 0.25) is 0 Å². The van der Waals surface area contributed by atoms with Gasteiger partial charge in [0.1, 0.15) is 11.4 Å². The largest absolute Gasteiger partial charge is 0.465 e. The van der Waals surface area contributed by atoms with Crippen molar-refractivity contribution in [1.82, 2.24) is 4.98 Å². The maximum Gasteiger partial charge on any atom is 0.435 e. The van der Waals surface area contributed by atoms with Crippen molar-refractivity contribution in [2.45, 2.75) is 30.6 Å². The van der Waals surface area contributed by atoms with Crippen molar-refractivity contribution in [3.05, 3.63) is 64.0 Å². The standard InChI is InChI=1S/C21H11F9N2O3/c1-3-14-13(17(33)34-2)4-5-15(31-14)16-9-18(35-32-16,21(28,29)30)10-6-11(19(22,23)24)8-12(7-10)20(25,26)27/h1,4-8H,9H2,2H3. The topological polar surface area (TPSA) is 60.8 Å². The summed E-state index contributed by atoms with van der Waals surface area (Å²) in [6, 6.07) is 1.61. The van der Waals surface area contributed by atoms with Crippen molar-refractivity contribution in [3.63, 3.8) is 0 Å². The molecule has 1 atom stereocenters. The highest BCUT2D eigenvalue weighted by Crippen LogP contribution is 2.50. The summed E-state index contributed by atoms with van der Waals surface area (Å²) in [4.78, 5) is 20.1. The second kappa shape index (κ2) is 8.47.